The molecular weight excluding hydrogens is 158 g/mol. The van der Waals surface area contributed by atoms with E-state index >= 15 is 0 Å². The van der Waals surface area contributed by atoms with Gasteiger partial charge in [-0.25, -0.2) is 4.79 Å². The van der Waals surface area contributed by atoms with Gasteiger partial charge in [-0.05, 0) is 12.0 Å². The molecule has 1 aliphatic heterocycles. The summed E-state index contributed by atoms with van der Waals surface area (Å²) in [5, 5.41) is 15.4. The zero-order valence-corrected chi connectivity index (χ0v) is 6.45. The number of aromatic nitrogens is 2. The van der Waals surface area contributed by atoms with Crippen LogP contribution in [0.4, 0.5) is 4.79 Å². The SMILES string of the molecule is O=C(O)N1CCc2c[nH]nc2C1. The summed E-state index contributed by atoms with van der Waals surface area (Å²) in [5.74, 6) is 0. The molecule has 0 unspecified atom stereocenters. The molecule has 5 heteroatoms. The van der Waals surface area contributed by atoms with E-state index in [1.165, 1.54) is 4.90 Å². The van der Waals surface area contributed by atoms with Crippen molar-refractivity contribution in [3.63, 3.8) is 0 Å². The molecule has 0 aliphatic carbocycles. The zero-order valence-electron chi connectivity index (χ0n) is 6.45. The van der Waals surface area contributed by atoms with E-state index < -0.39 is 6.09 Å². The largest absolute Gasteiger partial charge is 0.465 e. The van der Waals surface area contributed by atoms with Gasteiger partial charge in [-0.3, -0.25) is 5.10 Å². The normalized spacial score (nSPS) is 15.8. The maximum absolute atomic E-state index is 10.6. The first-order valence-corrected chi connectivity index (χ1v) is 3.77. The van der Waals surface area contributed by atoms with Crippen molar-refractivity contribution >= 4 is 6.09 Å². The van der Waals surface area contributed by atoms with Gasteiger partial charge in [-0.15, -0.1) is 0 Å². The van der Waals surface area contributed by atoms with E-state index in [-0.39, 0.29) is 0 Å². The van der Waals surface area contributed by atoms with Crippen molar-refractivity contribution in [2.75, 3.05) is 6.54 Å². The molecule has 0 spiro atoms. The van der Waals surface area contributed by atoms with Crippen LogP contribution >= 0.6 is 0 Å². The molecular formula is C7H9N3O2. The fourth-order valence-corrected chi connectivity index (χ4v) is 1.38. The molecule has 0 aromatic carbocycles. The number of nitrogens with one attached hydrogen (secondary N) is 1. The van der Waals surface area contributed by atoms with Crippen molar-refractivity contribution in [2.24, 2.45) is 0 Å². The summed E-state index contributed by atoms with van der Waals surface area (Å²) in [4.78, 5) is 11.9. The molecule has 0 saturated carbocycles. The summed E-state index contributed by atoms with van der Waals surface area (Å²) in [5.41, 5.74) is 1.98. The lowest BCUT2D eigenvalue weighted by Crippen LogP contribution is -2.34. The van der Waals surface area contributed by atoms with Gasteiger partial charge in [0.1, 0.15) is 0 Å². The molecule has 1 aromatic heterocycles. The van der Waals surface area contributed by atoms with Crippen LogP contribution in [0.15, 0.2) is 6.20 Å². The smallest absolute Gasteiger partial charge is 0.407 e. The van der Waals surface area contributed by atoms with E-state index in [0.717, 1.165) is 17.7 Å². The highest BCUT2D eigenvalue weighted by Gasteiger charge is 2.21. The Hall–Kier alpha value is -1.52. The van der Waals surface area contributed by atoms with Crippen molar-refractivity contribution in [2.45, 2.75) is 13.0 Å². The highest BCUT2D eigenvalue weighted by molar-refractivity contribution is 5.65. The molecule has 2 heterocycles. The lowest BCUT2D eigenvalue weighted by Gasteiger charge is -2.22. The fourth-order valence-electron chi connectivity index (χ4n) is 1.38. The van der Waals surface area contributed by atoms with Crippen molar-refractivity contribution in [3.05, 3.63) is 17.5 Å². The Kier molecular flexibility index (Phi) is 1.49. The summed E-state index contributed by atoms with van der Waals surface area (Å²) in [6.07, 6.45) is 1.72. The van der Waals surface area contributed by atoms with E-state index in [1.54, 1.807) is 0 Å². The number of carboxylic acid groups (broad SMARTS) is 1. The first kappa shape index (κ1) is 7.15. The van der Waals surface area contributed by atoms with Crippen molar-refractivity contribution < 1.29 is 9.90 Å². The van der Waals surface area contributed by atoms with E-state index in [9.17, 15) is 4.79 Å². The highest BCUT2D eigenvalue weighted by Crippen LogP contribution is 2.15. The van der Waals surface area contributed by atoms with Gasteiger partial charge >= 0.3 is 6.09 Å². The van der Waals surface area contributed by atoms with Crippen LogP contribution in [0.1, 0.15) is 11.3 Å². The monoisotopic (exact) mass is 167 g/mol. The quantitative estimate of drug-likeness (QED) is 0.589. The Balaban J connectivity index is 2.20. The Morgan fingerprint density at radius 1 is 1.75 bits per heavy atom. The Labute approximate surface area is 69.0 Å². The summed E-state index contributed by atoms with van der Waals surface area (Å²) in [6, 6.07) is 0. The molecule has 0 fully saturated rings. The van der Waals surface area contributed by atoms with E-state index in [1.807, 2.05) is 6.20 Å². The van der Waals surface area contributed by atoms with Crippen LogP contribution in [-0.2, 0) is 13.0 Å². The molecule has 1 aromatic rings. The number of fused-ring (bicyclic) bond motifs is 1. The van der Waals surface area contributed by atoms with Gasteiger partial charge < -0.3 is 10.0 Å². The van der Waals surface area contributed by atoms with Crippen LogP contribution in [-0.4, -0.2) is 32.8 Å². The van der Waals surface area contributed by atoms with E-state index in [2.05, 4.69) is 10.2 Å². The summed E-state index contributed by atoms with van der Waals surface area (Å²) in [7, 11) is 0. The molecule has 2 rings (SSSR count). The topological polar surface area (TPSA) is 69.2 Å². The third kappa shape index (κ3) is 1.03. The fraction of sp³-hybridized carbons (Fsp3) is 0.429. The Morgan fingerprint density at radius 2 is 2.58 bits per heavy atom. The van der Waals surface area contributed by atoms with Gasteiger partial charge in [0.2, 0.25) is 0 Å². The predicted octanol–water partition coefficient (Wildman–Crippen LogP) is 0.446. The number of aromatic amines is 1. The number of H-pyrrole nitrogens is 1. The summed E-state index contributed by atoms with van der Waals surface area (Å²) < 4.78 is 0. The molecule has 1 aliphatic rings. The second-order valence-electron chi connectivity index (χ2n) is 2.81. The van der Waals surface area contributed by atoms with E-state index in [4.69, 9.17) is 5.11 Å². The zero-order chi connectivity index (χ0) is 8.55. The van der Waals surface area contributed by atoms with Gasteiger partial charge in [-0.2, -0.15) is 5.10 Å². The Bertz CT molecular complexity index is 307. The van der Waals surface area contributed by atoms with Crippen LogP contribution in [0.2, 0.25) is 0 Å². The number of carbonyl (C=O) groups is 1. The standard InChI is InChI=1S/C7H9N3O2/c11-7(12)10-2-1-5-3-8-9-6(5)4-10/h3H,1-2,4H2,(H,8,9)(H,11,12). The molecule has 5 nitrogen and oxygen atoms in total. The minimum atomic E-state index is -0.872. The minimum Gasteiger partial charge on any atom is -0.465 e. The maximum Gasteiger partial charge on any atom is 0.407 e. The van der Waals surface area contributed by atoms with Crippen LogP contribution in [0.25, 0.3) is 0 Å². The molecule has 64 valence electrons. The molecule has 2 N–H and O–H groups in total. The number of amides is 1. The predicted molar refractivity (Wildman–Crippen MR) is 40.7 cm³/mol. The first-order chi connectivity index (χ1) is 5.77. The molecule has 0 atom stereocenters. The van der Waals surface area contributed by atoms with E-state index in [0.29, 0.717) is 13.1 Å². The number of hydrogen-bond acceptors (Lipinski definition) is 2. The first-order valence-electron chi connectivity index (χ1n) is 3.77. The maximum atomic E-state index is 10.6. The van der Waals surface area contributed by atoms with Gasteiger partial charge in [0, 0.05) is 12.7 Å². The van der Waals surface area contributed by atoms with Gasteiger partial charge in [0.15, 0.2) is 0 Å². The third-order valence-corrected chi connectivity index (χ3v) is 2.07. The molecule has 12 heavy (non-hydrogen) atoms. The van der Waals surface area contributed by atoms with Crippen LogP contribution in [0.5, 0.6) is 0 Å². The van der Waals surface area contributed by atoms with Gasteiger partial charge in [-0.1, -0.05) is 0 Å². The van der Waals surface area contributed by atoms with Crippen LogP contribution in [0, 0.1) is 0 Å². The number of rotatable bonds is 0. The molecule has 0 saturated heterocycles. The average molecular weight is 167 g/mol. The average Bonchev–Trinajstić information content (AvgIpc) is 2.49. The van der Waals surface area contributed by atoms with Crippen LogP contribution in [0.3, 0.4) is 0 Å². The number of nitrogens with zero attached hydrogens (tertiary/aromatic N) is 2. The molecule has 0 bridgehead atoms. The lowest BCUT2D eigenvalue weighted by molar-refractivity contribution is 0.139. The van der Waals surface area contributed by atoms with Crippen molar-refractivity contribution in [1.82, 2.24) is 15.1 Å². The molecule has 0 radical (unpaired) electrons. The lowest BCUT2D eigenvalue weighted by atomic mass is 10.1. The van der Waals surface area contributed by atoms with Gasteiger partial charge in [0.25, 0.3) is 0 Å². The van der Waals surface area contributed by atoms with Crippen molar-refractivity contribution in [3.8, 4) is 0 Å². The Morgan fingerprint density at radius 3 is 3.33 bits per heavy atom. The summed E-state index contributed by atoms with van der Waals surface area (Å²) >= 11 is 0. The number of hydrogen-bond donors (Lipinski definition) is 2. The summed E-state index contributed by atoms with van der Waals surface area (Å²) in [6.45, 7) is 0.982. The second-order valence-corrected chi connectivity index (χ2v) is 2.81. The highest BCUT2D eigenvalue weighted by atomic mass is 16.4. The van der Waals surface area contributed by atoms with Crippen LogP contribution < -0.4 is 0 Å². The minimum absolute atomic E-state index is 0.411. The second kappa shape index (κ2) is 2.51. The van der Waals surface area contributed by atoms with Gasteiger partial charge in [0.05, 0.1) is 12.2 Å². The van der Waals surface area contributed by atoms with Crippen molar-refractivity contribution in [1.29, 1.82) is 0 Å². The third-order valence-electron chi connectivity index (χ3n) is 2.07. The molecule has 1 amide bonds.